The number of non-ortho nitro benzene ring substituents is 1. The second-order valence-electron chi connectivity index (χ2n) is 4.68. The maximum absolute atomic E-state index is 12.2. The summed E-state index contributed by atoms with van der Waals surface area (Å²) in [7, 11) is 0. The van der Waals surface area contributed by atoms with Crippen molar-refractivity contribution in [1.82, 2.24) is 9.55 Å². The molecule has 0 saturated carbocycles. The second kappa shape index (κ2) is 6.14. The molecule has 1 aromatic heterocycles. The molecular formula is C13H12F3N3O3. The fraction of sp³-hybridized carbons (Fsp3) is 0.308. The third kappa shape index (κ3) is 4.04. The molecule has 0 aliphatic heterocycles. The van der Waals surface area contributed by atoms with Crippen LogP contribution in [-0.2, 0) is 6.54 Å². The third-order valence-electron chi connectivity index (χ3n) is 2.93. The Morgan fingerprint density at radius 3 is 2.50 bits per heavy atom. The zero-order valence-electron chi connectivity index (χ0n) is 11.2. The average Bonchev–Trinajstić information content (AvgIpc) is 2.84. The summed E-state index contributed by atoms with van der Waals surface area (Å²) >= 11 is 0. The second-order valence-corrected chi connectivity index (χ2v) is 4.68. The van der Waals surface area contributed by atoms with E-state index in [0.717, 1.165) is 0 Å². The standard InChI is InChI=1S/C13H12F3N3O3/c14-13(15,16)7-11(20)8-18-6-5-17-12(18)9-1-3-10(4-2-9)19(21)22/h1-6,11,20H,7-8H2/t11-/m1/s1. The van der Waals surface area contributed by atoms with Crippen LogP contribution >= 0.6 is 0 Å². The van der Waals surface area contributed by atoms with Crippen LogP contribution in [0.3, 0.4) is 0 Å². The molecule has 1 aromatic carbocycles. The van der Waals surface area contributed by atoms with Crippen LogP contribution in [0.2, 0.25) is 0 Å². The van der Waals surface area contributed by atoms with Crippen LogP contribution in [0.15, 0.2) is 36.7 Å². The number of benzene rings is 1. The van der Waals surface area contributed by atoms with Crippen molar-refractivity contribution in [3.8, 4) is 11.4 Å². The number of rotatable bonds is 5. The first-order valence-corrected chi connectivity index (χ1v) is 6.27. The zero-order chi connectivity index (χ0) is 16.3. The highest BCUT2D eigenvalue weighted by Gasteiger charge is 2.31. The van der Waals surface area contributed by atoms with Crippen LogP contribution in [0.5, 0.6) is 0 Å². The van der Waals surface area contributed by atoms with Crippen molar-refractivity contribution in [3.63, 3.8) is 0 Å². The van der Waals surface area contributed by atoms with Gasteiger partial charge in [-0.2, -0.15) is 13.2 Å². The minimum absolute atomic E-state index is 0.0982. The summed E-state index contributed by atoms with van der Waals surface area (Å²) in [6, 6.07) is 5.46. The van der Waals surface area contributed by atoms with Crippen molar-refractivity contribution >= 4 is 5.69 Å². The lowest BCUT2D eigenvalue weighted by atomic mass is 10.2. The molecule has 0 unspecified atom stereocenters. The molecular weight excluding hydrogens is 303 g/mol. The number of nitrogens with zero attached hydrogens (tertiary/aromatic N) is 3. The van der Waals surface area contributed by atoms with Gasteiger partial charge >= 0.3 is 6.18 Å². The number of nitro benzene ring substituents is 1. The monoisotopic (exact) mass is 315 g/mol. The summed E-state index contributed by atoms with van der Waals surface area (Å²) < 4.78 is 38.1. The summed E-state index contributed by atoms with van der Waals surface area (Å²) in [5, 5.41) is 20.1. The van der Waals surface area contributed by atoms with E-state index in [9.17, 15) is 28.4 Å². The van der Waals surface area contributed by atoms with Gasteiger partial charge in [-0.3, -0.25) is 10.1 Å². The van der Waals surface area contributed by atoms with Crippen molar-refractivity contribution in [1.29, 1.82) is 0 Å². The summed E-state index contributed by atoms with van der Waals surface area (Å²) in [6.45, 7) is -0.272. The van der Waals surface area contributed by atoms with E-state index in [0.29, 0.717) is 11.4 Å². The maximum atomic E-state index is 12.2. The summed E-state index contributed by atoms with van der Waals surface area (Å²) in [5.74, 6) is 0.330. The lowest BCUT2D eigenvalue weighted by molar-refractivity contribution is -0.384. The van der Waals surface area contributed by atoms with E-state index in [1.807, 2.05) is 0 Å². The molecule has 2 rings (SSSR count). The Morgan fingerprint density at radius 1 is 1.32 bits per heavy atom. The molecule has 6 nitrogen and oxygen atoms in total. The van der Waals surface area contributed by atoms with E-state index < -0.39 is 23.6 Å². The van der Waals surface area contributed by atoms with Gasteiger partial charge in [-0.15, -0.1) is 0 Å². The minimum Gasteiger partial charge on any atom is -0.391 e. The fourth-order valence-corrected chi connectivity index (χ4v) is 2.01. The topological polar surface area (TPSA) is 81.2 Å². The fourth-order valence-electron chi connectivity index (χ4n) is 2.01. The molecule has 0 aliphatic carbocycles. The number of aromatic nitrogens is 2. The number of alkyl halides is 3. The SMILES string of the molecule is O=[N+]([O-])c1ccc(-c2nccn2C[C@H](O)CC(F)(F)F)cc1. The van der Waals surface area contributed by atoms with Crippen molar-refractivity contribution in [2.45, 2.75) is 25.2 Å². The molecule has 22 heavy (non-hydrogen) atoms. The summed E-state index contributed by atoms with van der Waals surface area (Å²) in [6.07, 6.45) is -4.53. The number of hydrogen-bond acceptors (Lipinski definition) is 4. The number of halogens is 3. The predicted octanol–water partition coefficient (Wildman–Crippen LogP) is 2.77. The van der Waals surface area contributed by atoms with Crippen LogP contribution < -0.4 is 0 Å². The van der Waals surface area contributed by atoms with Crippen molar-refractivity contribution in [2.24, 2.45) is 0 Å². The third-order valence-corrected chi connectivity index (χ3v) is 2.93. The average molecular weight is 315 g/mol. The first-order valence-electron chi connectivity index (χ1n) is 6.27. The first kappa shape index (κ1) is 16.0. The summed E-state index contributed by atoms with van der Waals surface area (Å²) in [5.41, 5.74) is 0.411. The molecule has 9 heteroatoms. The molecule has 0 aliphatic rings. The molecule has 0 amide bonds. The van der Waals surface area contributed by atoms with Gasteiger partial charge in [-0.1, -0.05) is 0 Å². The predicted molar refractivity (Wildman–Crippen MR) is 71.0 cm³/mol. The molecule has 0 bridgehead atoms. The van der Waals surface area contributed by atoms with E-state index >= 15 is 0 Å². The normalized spacial score (nSPS) is 13.1. The molecule has 2 aromatic rings. The van der Waals surface area contributed by atoms with Gasteiger partial charge in [-0.05, 0) is 12.1 Å². The van der Waals surface area contributed by atoms with Crippen LogP contribution in [-0.4, -0.2) is 31.9 Å². The Labute approximate surface area is 123 Å². The number of imidazole rings is 1. The minimum atomic E-state index is -4.45. The van der Waals surface area contributed by atoms with Crippen molar-refractivity contribution in [2.75, 3.05) is 0 Å². The molecule has 0 spiro atoms. The van der Waals surface area contributed by atoms with Gasteiger partial charge in [0, 0.05) is 30.1 Å². The van der Waals surface area contributed by atoms with Gasteiger partial charge < -0.3 is 9.67 Å². The van der Waals surface area contributed by atoms with E-state index in [1.54, 1.807) is 0 Å². The van der Waals surface area contributed by atoms with Crippen molar-refractivity contribution < 1.29 is 23.2 Å². The van der Waals surface area contributed by atoms with Gasteiger partial charge in [-0.25, -0.2) is 4.98 Å². The quantitative estimate of drug-likeness (QED) is 0.679. The summed E-state index contributed by atoms with van der Waals surface area (Å²) in [4.78, 5) is 14.0. The molecule has 1 heterocycles. The Hall–Kier alpha value is -2.42. The molecule has 0 saturated heterocycles. The van der Waals surface area contributed by atoms with E-state index in [1.165, 1.54) is 41.2 Å². The molecule has 118 valence electrons. The van der Waals surface area contributed by atoms with Gasteiger partial charge in [0.1, 0.15) is 5.82 Å². The van der Waals surface area contributed by atoms with Gasteiger partial charge in [0.05, 0.1) is 24.0 Å². The van der Waals surface area contributed by atoms with Crippen LogP contribution in [0.4, 0.5) is 18.9 Å². The van der Waals surface area contributed by atoms with E-state index in [4.69, 9.17) is 0 Å². The Morgan fingerprint density at radius 2 is 1.95 bits per heavy atom. The van der Waals surface area contributed by atoms with Gasteiger partial charge in [0.25, 0.3) is 5.69 Å². The van der Waals surface area contributed by atoms with Crippen LogP contribution in [0.25, 0.3) is 11.4 Å². The molecule has 1 N–H and O–H groups in total. The molecule has 0 radical (unpaired) electrons. The lowest BCUT2D eigenvalue weighted by Crippen LogP contribution is -2.24. The van der Waals surface area contributed by atoms with Crippen LogP contribution in [0, 0.1) is 10.1 Å². The molecule has 0 fully saturated rings. The van der Waals surface area contributed by atoms with E-state index in [-0.39, 0.29) is 12.2 Å². The largest absolute Gasteiger partial charge is 0.391 e. The van der Waals surface area contributed by atoms with Gasteiger partial charge in [0.15, 0.2) is 0 Å². The Balaban J connectivity index is 2.17. The highest BCUT2D eigenvalue weighted by molar-refractivity contribution is 5.57. The van der Waals surface area contributed by atoms with Gasteiger partial charge in [0.2, 0.25) is 0 Å². The Bertz CT molecular complexity index is 653. The highest BCUT2D eigenvalue weighted by atomic mass is 19.4. The Kier molecular flexibility index (Phi) is 4.45. The zero-order valence-corrected chi connectivity index (χ0v) is 11.2. The van der Waals surface area contributed by atoms with Crippen LogP contribution in [0.1, 0.15) is 6.42 Å². The molecule has 1 atom stereocenters. The number of aliphatic hydroxyl groups is 1. The number of aliphatic hydroxyl groups excluding tert-OH is 1. The lowest BCUT2D eigenvalue weighted by Gasteiger charge is -2.15. The first-order chi connectivity index (χ1) is 10.3. The maximum Gasteiger partial charge on any atom is 0.391 e. The number of nitro groups is 1. The van der Waals surface area contributed by atoms with E-state index in [2.05, 4.69) is 4.98 Å². The highest BCUT2D eigenvalue weighted by Crippen LogP contribution is 2.24. The number of hydrogen-bond donors (Lipinski definition) is 1. The smallest absolute Gasteiger partial charge is 0.391 e. The van der Waals surface area contributed by atoms with Crippen molar-refractivity contribution in [3.05, 3.63) is 46.8 Å².